The lowest BCUT2D eigenvalue weighted by Gasteiger charge is -2.20. The topological polar surface area (TPSA) is 62.9 Å². The van der Waals surface area contributed by atoms with Gasteiger partial charge in [-0.25, -0.2) is 4.98 Å². The van der Waals surface area contributed by atoms with Crippen molar-refractivity contribution >= 4 is 23.1 Å². The summed E-state index contributed by atoms with van der Waals surface area (Å²) in [6, 6.07) is 9.72. The molecule has 0 bridgehead atoms. The summed E-state index contributed by atoms with van der Waals surface area (Å²) in [5.74, 6) is 1.61. The van der Waals surface area contributed by atoms with E-state index in [1.165, 1.54) is 0 Å². The van der Waals surface area contributed by atoms with E-state index in [4.69, 9.17) is 16.3 Å². The number of benzene rings is 1. The molecular weight excluding hydrogens is 364 g/mol. The molecule has 0 radical (unpaired) electrons. The van der Waals surface area contributed by atoms with E-state index in [0.29, 0.717) is 17.3 Å². The summed E-state index contributed by atoms with van der Waals surface area (Å²) in [5, 5.41) is 14.3. The molecule has 3 rings (SSSR count). The van der Waals surface area contributed by atoms with Gasteiger partial charge in [-0.1, -0.05) is 44.5 Å². The van der Waals surface area contributed by atoms with E-state index in [0.717, 1.165) is 22.7 Å². The number of aromatic nitrogens is 3. The first-order valence-electron chi connectivity index (χ1n) is 9.02. The Morgan fingerprint density at radius 1 is 1.26 bits per heavy atom. The Hall–Kier alpha value is -2.31. The van der Waals surface area contributed by atoms with Crippen molar-refractivity contribution in [2.45, 2.75) is 33.2 Å². The van der Waals surface area contributed by atoms with Crippen LogP contribution >= 0.6 is 11.6 Å². The fourth-order valence-electron chi connectivity index (χ4n) is 2.74. The Labute approximate surface area is 165 Å². The van der Waals surface area contributed by atoms with Crippen LogP contribution in [-0.2, 0) is 6.54 Å². The number of fused-ring (bicyclic) bond motifs is 1. The predicted molar refractivity (Wildman–Crippen MR) is 110 cm³/mol. The van der Waals surface area contributed by atoms with Gasteiger partial charge in [-0.15, -0.1) is 0 Å². The van der Waals surface area contributed by atoms with E-state index >= 15 is 0 Å². The molecule has 6 nitrogen and oxygen atoms in total. The van der Waals surface area contributed by atoms with Crippen LogP contribution in [-0.4, -0.2) is 40.5 Å². The van der Waals surface area contributed by atoms with Crippen LogP contribution in [0.5, 0.6) is 5.75 Å². The summed E-state index contributed by atoms with van der Waals surface area (Å²) < 4.78 is 6.95. The molecule has 2 heterocycles. The lowest BCUT2D eigenvalue weighted by atomic mass is 10.1. The molecule has 146 valence electrons. The Balaban J connectivity index is 0.00000126. The first kappa shape index (κ1) is 21.0. The summed E-state index contributed by atoms with van der Waals surface area (Å²) in [6.07, 6.45) is 1.74. The molecule has 1 atom stereocenters. The van der Waals surface area contributed by atoms with Crippen LogP contribution in [0.25, 0.3) is 5.65 Å². The number of nitrogens with zero attached hydrogens (tertiary/aromatic N) is 4. The normalized spacial score (nSPS) is 11.7. The number of methoxy groups -OCH3 is 1. The number of aliphatic hydroxyl groups is 1. The van der Waals surface area contributed by atoms with Crippen molar-refractivity contribution in [3.05, 3.63) is 52.8 Å². The highest BCUT2D eigenvalue weighted by Gasteiger charge is 2.17. The van der Waals surface area contributed by atoms with Gasteiger partial charge in [0.25, 0.3) is 0 Å². The summed E-state index contributed by atoms with van der Waals surface area (Å²) in [4.78, 5) is 6.45. The zero-order valence-corrected chi connectivity index (χ0v) is 17.2. The Kier molecular flexibility index (Phi) is 7.45. The van der Waals surface area contributed by atoms with Gasteiger partial charge in [-0.05, 0) is 17.7 Å². The fourth-order valence-corrected chi connectivity index (χ4v) is 2.92. The van der Waals surface area contributed by atoms with Crippen molar-refractivity contribution in [1.82, 2.24) is 14.6 Å². The van der Waals surface area contributed by atoms with Gasteiger partial charge in [0.15, 0.2) is 5.65 Å². The molecule has 7 heteroatoms. The van der Waals surface area contributed by atoms with Gasteiger partial charge in [0.05, 0.1) is 13.3 Å². The van der Waals surface area contributed by atoms with E-state index < -0.39 is 0 Å². The number of halogens is 1. The van der Waals surface area contributed by atoms with Gasteiger partial charge in [0.2, 0.25) is 0 Å². The van der Waals surface area contributed by atoms with Crippen molar-refractivity contribution < 1.29 is 9.84 Å². The lowest BCUT2D eigenvalue weighted by Crippen LogP contribution is -2.20. The van der Waals surface area contributed by atoms with Gasteiger partial charge in [-0.2, -0.15) is 9.61 Å². The second-order valence-electron chi connectivity index (χ2n) is 6.06. The molecule has 0 amide bonds. The smallest absolute Gasteiger partial charge is 0.162 e. The zero-order valence-electron chi connectivity index (χ0n) is 16.5. The van der Waals surface area contributed by atoms with Gasteiger partial charge >= 0.3 is 0 Å². The van der Waals surface area contributed by atoms with Crippen molar-refractivity contribution in [3.8, 4) is 5.75 Å². The maximum absolute atomic E-state index is 9.43. The molecule has 0 fully saturated rings. The molecule has 0 aliphatic heterocycles. The molecule has 1 N–H and O–H groups in total. The lowest BCUT2D eigenvalue weighted by molar-refractivity contribution is 0.273. The summed E-state index contributed by atoms with van der Waals surface area (Å²) in [7, 11) is 3.63. The van der Waals surface area contributed by atoms with Crippen molar-refractivity contribution in [2.24, 2.45) is 0 Å². The van der Waals surface area contributed by atoms with Crippen molar-refractivity contribution in [1.29, 1.82) is 0 Å². The molecule has 3 aromatic rings. The number of hydrogen-bond donors (Lipinski definition) is 1. The van der Waals surface area contributed by atoms with Crippen LogP contribution in [0.3, 0.4) is 0 Å². The average molecular weight is 391 g/mol. The first-order valence-corrected chi connectivity index (χ1v) is 9.40. The van der Waals surface area contributed by atoms with Gasteiger partial charge in [-0.3, -0.25) is 0 Å². The number of ether oxygens (including phenoxy) is 1. The molecular formula is C20H27ClN4O2. The molecule has 1 aromatic carbocycles. The minimum absolute atomic E-state index is 0.0343. The van der Waals surface area contributed by atoms with Gasteiger partial charge in [0, 0.05) is 37.7 Å². The van der Waals surface area contributed by atoms with Gasteiger partial charge in [0.1, 0.15) is 16.7 Å². The SMILES string of the molecule is CC.COc1ccc(CN(C)c2cc(Cl)nc3c(C(C)CO)cnn23)cc1. The van der Waals surface area contributed by atoms with E-state index in [9.17, 15) is 5.11 Å². The van der Waals surface area contributed by atoms with Crippen LogP contribution in [0.2, 0.25) is 5.15 Å². The van der Waals surface area contributed by atoms with Crippen LogP contribution in [0.4, 0.5) is 5.82 Å². The second kappa shape index (κ2) is 9.58. The molecule has 0 saturated heterocycles. The van der Waals surface area contributed by atoms with Crippen LogP contribution in [0.15, 0.2) is 36.5 Å². The zero-order chi connectivity index (χ0) is 20.0. The standard InChI is InChI=1S/C18H21ClN4O2.C2H6/c1-12(11-24)15-9-20-23-17(8-16(19)21-18(15)23)22(2)10-13-4-6-14(25-3)7-5-13;1-2/h4-9,12,24H,10-11H2,1-3H3;1-2H3. The average Bonchev–Trinajstić information content (AvgIpc) is 3.12. The quantitative estimate of drug-likeness (QED) is 0.640. The summed E-state index contributed by atoms with van der Waals surface area (Å²) >= 11 is 6.23. The Morgan fingerprint density at radius 2 is 1.93 bits per heavy atom. The fraction of sp³-hybridized carbons (Fsp3) is 0.400. The van der Waals surface area contributed by atoms with E-state index in [1.807, 2.05) is 52.1 Å². The van der Waals surface area contributed by atoms with Crippen molar-refractivity contribution in [3.63, 3.8) is 0 Å². The van der Waals surface area contributed by atoms with E-state index in [-0.39, 0.29) is 12.5 Å². The number of rotatable bonds is 6. The summed E-state index contributed by atoms with van der Waals surface area (Å²) in [6.45, 7) is 6.65. The highest BCUT2D eigenvalue weighted by Crippen LogP contribution is 2.26. The van der Waals surface area contributed by atoms with Crippen LogP contribution in [0.1, 0.15) is 37.8 Å². The van der Waals surface area contributed by atoms with E-state index in [1.54, 1.807) is 23.9 Å². The predicted octanol–water partition coefficient (Wildman–Crippen LogP) is 4.15. The first-order chi connectivity index (χ1) is 13.0. The summed E-state index contributed by atoms with van der Waals surface area (Å²) in [5.41, 5.74) is 2.69. The van der Waals surface area contributed by atoms with Crippen LogP contribution in [0, 0.1) is 0 Å². The second-order valence-corrected chi connectivity index (χ2v) is 6.45. The third-order valence-electron chi connectivity index (χ3n) is 4.22. The number of anilines is 1. The maximum Gasteiger partial charge on any atom is 0.162 e. The maximum atomic E-state index is 9.43. The molecule has 0 aliphatic carbocycles. The Morgan fingerprint density at radius 3 is 2.52 bits per heavy atom. The van der Waals surface area contributed by atoms with Gasteiger partial charge < -0.3 is 14.7 Å². The molecule has 2 aromatic heterocycles. The molecule has 27 heavy (non-hydrogen) atoms. The van der Waals surface area contributed by atoms with E-state index in [2.05, 4.69) is 15.0 Å². The molecule has 1 unspecified atom stereocenters. The largest absolute Gasteiger partial charge is 0.497 e. The Bertz CT molecular complexity index is 864. The minimum atomic E-state index is -0.0526. The minimum Gasteiger partial charge on any atom is -0.497 e. The number of aliphatic hydroxyl groups excluding tert-OH is 1. The third kappa shape index (κ3) is 4.70. The number of hydrogen-bond acceptors (Lipinski definition) is 5. The third-order valence-corrected chi connectivity index (χ3v) is 4.42. The molecule has 0 aliphatic rings. The highest BCUT2D eigenvalue weighted by molar-refractivity contribution is 6.29. The monoisotopic (exact) mass is 390 g/mol. The highest BCUT2D eigenvalue weighted by atomic mass is 35.5. The molecule has 0 saturated carbocycles. The molecule has 0 spiro atoms. The van der Waals surface area contributed by atoms with Crippen molar-refractivity contribution in [2.75, 3.05) is 25.7 Å². The van der Waals surface area contributed by atoms with Crippen LogP contribution < -0.4 is 9.64 Å².